The predicted molar refractivity (Wildman–Crippen MR) is 70.0 cm³/mol. The lowest BCUT2D eigenvalue weighted by molar-refractivity contribution is -0.144. The van der Waals surface area contributed by atoms with Gasteiger partial charge in [0.1, 0.15) is 5.41 Å². The Morgan fingerprint density at radius 1 is 1.31 bits per heavy atom. The van der Waals surface area contributed by atoms with E-state index in [4.69, 9.17) is 12.2 Å². The summed E-state index contributed by atoms with van der Waals surface area (Å²) in [6, 6.07) is 0. The molecule has 90 valence electrons. The highest BCUT2D eigenvalue weighted by Gasteiger charge is 2.51. The van der Waals surface area contributed by atoms with E-state index in [9.17, 15) is 9.59 Å². The van der Waals surface area contributed by atoms with E-state index in [-0.39, 0.29) is 22.6 Å². The molecule has 0 aromatic carbocycles. The molecule has 2 atom stereocenters. The Labute approximate surface area is 103 Å². The van der Waals surface area contributed by atoms with E-state index in [0.29, 0.717) is 6.42 Å². The average molecular weight is 260 g/mol. The maximum absolute atomic E-state index is 12.0. The van der Waals surface area contributed by atoms with Gasteiger partial charge in [-0.05, 0) is 30.7 Å². The second-order valence-corrected chi connectivity index (χ2v) is 5.17. The molecule has 0 radical (unpaired) electrons. The van der Waals surface area contributed by atoms with Crippen molar-refractivity contribution in [3.8, 4) is 0 Å². The second-order valence-electron chi connectivity index (χ2n) is 3.96. The molecule has 6 heteroatoms. The molecule has 1 heterocycles. The van der Waals surface area contributed by atoms with Crippen LogP contribution in [-0.4, -0.2) is 22.6 Å². The first-order valence-electron chi connectivity index (χ1n) is 5.41. The number of hydrogen-bond donors (Lipinski definition) is 2. The van der Waals surface area contributed by atoms with Crippen molar-refractivity contribution in [1.29, 1.82) is 0 Å². The smallest absolute Gasteiger partial charge is 0.242 e. The molecule has 1 aliphatic rings. The van der Waals surface area contributed by atoms with Gasteiger partial charge in [-0.1, -0.05) is 20.3 Å². The summed E-state index contributed by atoms with van der Waals surface area (Å²) in [5.74, 6) is -0.561. The summed E-state index contributed by atoms with van der Waals surface area (Å²) in [6.45, 7) is 3.88. The van der Waals surface area contributed by atoms with Crippen LogP contribution >= 0.6 is 21.5 Å². The molecule has 2 amide bonds. The fourth-order valence-corrected chi connectivity index (χ4v) is 3.10. The maximum Gasteiger partial charge on any atom is 0.242 e. The molecular formula is C10H17N2O2PS. The third-order valence-electron chi connectivity index (χ3n) is 3.05. The van der Waals surface area contributed by atoms with E-state index in [0.717, 1.165) is 12.8 Å². The van der Waals surface area contributed by atoms with Crippen LogP contribution in [0.2, 0.25) is 0 Å². The van der Waals surface area contributed by atoms with Crippen molar-refractivity contribution < 1.29 is 9.59 Å². The number of nitrogens with one attached hydrogen (secondary N) is 2. The zero-order valence-electron chi connectivity index (χ0n) is 9.50. The third kappa shape index (κ3) is 2.11. The van der Waals surface area contributed by atoms with Gasteiger partial charge in [-0.3, -0.25) is 9.59 Å². The number of hydrogen-bond acceptors (Lipinski definition) is 3. The number of carbonyl (C=O) groups excluding carboxylic acids is 2. The summed E-state index contributed by atoms with van der Waals surface area (Å²) < 4.78 is 0. The molecule has 1 fully saturated rings. The Hall–Kier alpha value is -0.540. The minimum absolute atomic E-state index is 0.0643. The third-order valence-corrected chi connectivity index (χ3v) is 4.16. The average Bonchev–Trinajstić information content (AvgIpc) is 2.18. The van der Waals surface area contributed by atoms with Gasteiger partial charge in [-0.2, -0.15) is 0 Å². The van der Waals surface area contributed by atoms with E-state index >= 15 is 0 Å². The Bertz CT molecular complexity index is 313. The van der Waals surface area contributed by atoms with Crippen molar-refractivity contribution in [1.82, 2.24) is 10.6 Å². The molecule has 0 aliphatic carbocycles. The van der Waals surface area contributed by atoms with E-state index in [1.165, 1.54) is 0 Å². The summed E-state index contributed by atoms with van der Waals surface area (Å²) in [7, 11) is 2.62. The fourth-order valence-electron chi connectivity index (χ4n) is 2.04. The molecule has 2 N–H and O–H groups in total. The zero-order chi connectivity index (χ0) is 12.3. The number of thiocarbonyl (C=S) groups is 1. The summed E-state index contributed by atoms with van der Waals surface area (Å²) in [4.78, 5) is 24.0. The van der Waals surface area contributed by atoms with Gasteiger partial charge < -0.3 is 10.6 Å². The quantitative estimate of drug-likeness (QED) is 0.449. The first-order chi connectivity index (χ1) is 7.48. The lowest BCUT2D eigenvalue weighted by Gasteiger charge is -2.38. The van der Waals surface area contributed by atoms with Crippen molar-refractivity contribution in [3.63, 3.8) is 0 Å². The molecule has 1 rings (SSSR count). The molecule has 0 spiro atoms. The summed E-state index contributed by atoms with van der Waals surface area (Å²) in [5, 5.41) is 5.18. The van der Waals surface area contributed by atoms with Gasteiger partial charge in [0.15, 0.2) is 5.11 Å². The topological polar surface area (TPSA) is 58.2 Å². The van der Waals surface area contributed by atoms with Crippen LogP contribution < -0.4 is 10.6 Å². The molecule has 4 nitrogen and oxygen atoms in total. The van der Waals surface area contributed by atoms with Crippen LogP contribution in [0.1, 0.15) is 33.1 Å². The normalized spacial score (nSPS) is 21.3. The molecule has 16 heavy (non-hydrogen) atoms. The molecule has 0 bridgehead atoms. The van der Waals surface area contributed by atoms with Crippen LogP contribution in [0.3, 0.4) is 0 Å². The molecule has 0 saturated carbocycles. The highest BCUT2D eigenvalue weighted by molar-refractivity contribution is 7.80. The first-order valence-corrected chi connectivity index (χ1v) is 6.49. The van der Waals surface area contributed by atoms with Crippen LogP contribution in [0.4, 0.5) is 0 Å². The molecule has 1 saturated heterocycles. The number of rotatable bonds is 4. The molecule has 1 aliphatic heterocycles. The predicted octanol–water partition coefficient (Wildman–Crippen LogP) is 0.957. The lowest BCUT2D eigenvalue weighted by Crippen LogP contribution is -2.65. The van der Waals surface area contributed by atoms with Gasteiger partial charge in [-0.15, -0.1) is 9.24 Å². The van der Waals surface area contributed by atoms with Crippen molar-refractivity contribution in [3.05, 3.63) is 0 Å². The number of amides is 2. The van der Waals surface area contributed by atoms with E-state index < -0.39 is 5.41 Å². The summed E-state index contributed by atoms with van der Waals surface area (Å²) in [6.07, 6.45) is 2.22. The minimum Gasteiger partial charge on any atom is -0.302 e. The van der Waals surface area contributed by atoms with E-state index in [2.05, 4.69) is 19.9 Å². The fraction of sp³-hybridized carbons (Fsp3) is 0.700. The lowest BCUT2D eigenvalue weighted by atomic mass is 9.77. The largest absolute Gasteiger partial charge is 0.302 e. The van der Waals surface area contributed by atoms with Crippen molar-refractivity contribution in [2.24, 2.45) is 5.41 Å². The van der Waals surface area contributed by atoms with Crippen molar-refractivity contribution in [2.75, 3.05) is 0 Å². The van der Waals surface area contributed by atoms with Crippen molar-refractivity contribution in [2.45, 2.75) is 38.8 Å². The van der Waals surface area contributed by atoms with Crippen LogP contribution in [-0.2, 0) is 9.59 Å². The van der Waals surface area contributed by atoms with Crippen LogP contribution in [0.5, 0.6) is 0 Å². The molecule has 0 aromatic rings. The van der Waals surface area contributed by atoms with Crippen LogP contribution in [0, 0.1) is 5.41 Å². The Kier molecular flexibility index (Phi) is 4.39. The first kappa shape index (κ1) is 13.5. The van der Waals surface area contributed by atoms with Crippen LogP contribution in [0.25, 0.3) is 0 Å². The summed E-state index contributed by atoms with van der Waals surface area (Å²) in [5.41, 5.74) is -1.06. The second kappa shape index (κ2) is 5.19. The molecule has 2 unspecified atom stereocenters. The standard InChI is InChI=1S/C10H17N2O2PS/c1-3-5-6(15)10(4-2)7(13)11-9(16)12-8(10)14/h6H,3-5,15H2,1-2H3,(H2,11,12,13,14,16). The van der Waals surface area contributed by atoms with Gasteiger partial charge in [0, 0.05) is 0 Å². The highest BCUT2D eigenvalue weighted by atomic mass is 32.1. The Morgan fingerprint density at radius 2 is 1.81 bits per heavy atom. The zero-order valence-corrected chi connectivity index (χ0v) is 11.5. The Morgan fingerprint density at radius 3 is 2.19 bits per heavy atom. The molecular weight excluding hydrogens is 243 g/mol. The minimum atomic E-state index is -0.997. The van der Waals surface area contributed by atoms with Gasteiger partial charge >= 0.3 is 0 Å². The van der Waals surface area contributed by atoms with Gasteiger partial charge in [-0.25, -0.2) is 0 Å². The van der Waals surface area contributed by atoms with Gasteiger partial charge in [0.05, 0.1) is 0 Å². The van der Waals surface area contributed by atoms with E-state index in [1.54, 1.807) is 0 Å². The van der Waals surface area contributed by atoms with E-state index in [1.807, 2.05) is 13.8 Å². The molecule has 0 aromatic heterocycles. The van der Waals surface area contributed by atoms with Crippen LogP contribution in [0.15, 0.2) is 0 Å². The highest BCUT2D eigenvalue weighted by Crippen LogP contribution is 2.36. The monoisotopic (exact) mass is 260 g/mol. The Balaban J connectivity index is 3.05. The SMILES string of the molecule is CCCC(P)C1(CC)C(=O)NC(=S)NC1=O. The summed E-state index contributed by atoms with van der Waals surface area (Å²) >= 11 is 4.79. The van der Waals surface area contributed by atoms with Gasteiger partial charge in [0.2, 0.25) is 11.8 Å². The number of carbonyl (C=O) groups is 2. The van der Waals surface area contributed by atoms with Gasteiger partial charge in [0.25, 0.3) is 0 Å². The maximum atomic E-state index is 12.0. The van der Waals surface area contributed by atoms with Crippen molar-refractivity contribution >= 4 is 38.4 Å².